The minimum atomic E-state index is -0.883. The number of esters is 1. The van der Waals surface area contributed by atoms with Crippen LogP contribution in [0.4, 0.5) is 0 Å². The Hall–Kier alpha value is -1.68. The molecule has 0 saturated carbocycles. The van der Waals surface area contributed by atoms with E-state index in [1.165, 1.54) is 18.2 Å². The summed E-state index contributed by atoms with van der Waals surface area (Å²) < 4.78 is 4.90. The average Bonchev–Trinajstić information content (AvgIpc) is 2.54. The van der Waals surface area contributed by atoms with Gasteiger partial charge in [0.2, 0.25) is 0 Å². The highest BCUT2D eigenvalue weighted by Gasteiger charge is 2.39. The summed E-state index contributed by atoms with van der Waals surface area (Å²) in [5.41, 5.74) is 0. The van der Waals surface area contributed by atoms with Gasteiger partial charge in [0.25, 0.3) is 0 Å². The van der Waals surface area contributed by atoms with E-state index in [1.54, 1.807) is 25.2 Å². The molecule has 0 aliphatic carbocycles. The zero-order valence-corrected chi connectivity index (χ0v) is 9.87. The third kappa shape index (κ3) is 3.67. The first-order valence-corrected chi connectivity index (χ1v) is 5.46. The van der Waals surface area contributed by atoms with Crippen LogP contribution in [0, 0.1) is 5.92 Å². The summed E-state index contributed by atoms with van der Waals surface area (Å²) in [5, 5.41) is 9.62. The molecule has 1 fully saturated rings. The van der Waals surface area contributed by atoms with E-state index in [9.17, 15) is 14.7 Å². The molecule has 1 saturated heterocycles. The van der Waals surface area contributed by atoms with Gasteiger partial charge in [-0.1, -0.05) is 18.2 Å². The maximum Gasteiger partial charge on any atom is 0.312 e. The van der Waals surface area contributed by atoms with Gasteiger partial charge in [-0.05, 0) is 32.1 Å². The fourth-order valence-corrected chi connectivity index (χ4v) is 1.39. The zero-order chi connectivity index (χ0) is 12.8. The highest BCUT2D eigenvalue weighted by Crippen LogP contribution is 2.22. The fraction of sp³-hybridized carbons (Fsp3) is 0.385. The molecular formula is C13H16O4. The molecular weight excluding hydrogens is 220 g/mol. The van der Waals surface area contributed by atoms with Gasteiger partial charge in [0, 0.05) is 0 Å². The van der Waals surface area contributed by atoms with Crippen LogP contribution in [-0.2, 0) is 14.3 Å². The number of rotatable bonds is 4. The highest BCUT2D eigenvalue weighted by molar-refractivity contribution is 5.99. The highest BCUT2D eigenvalue weighted by atomic mass is 16.6. The van der Waals surface area contributed by atoms with E-state index in [4.69, 9.17) is 4.74 Å². The lowest BCUT2D eigenvalue weighted by Crippen LogP contribution is -2.23. The van der Waals surface area contributed by atoms with Gasteiger partial charge in [0.05, 0.1) is 5.92 Å². The Kier molecular flexibility index (Phi) is 4.84. The van der Waals surface area contributed by atoms with Crippen LogP contribution in [0.5, 0.6) is 0 Å². The van der Waals surface area contributed by atoms with Gasteiger partial charge < -0.3 is 9.84 Å². The smallest absolute Gasteiger partial charge is 0.312 e. The van der Waals surface area contributed by atoms with E-state index >= 15 is 0 Å². The van der Waals surface area contributed by atoms with Crippen LogP contribution in [-0.4, -0.2) is 29.1 Å². The molecule has 0 aromatic carbocycles. The summed E-state index contributed by atoms with van der Waals surface area (Å²) in [4.78, 5) is 22.4. The number of carbonyl (C=O) groups excluding carboxylic acids is 2. The van der Waals surface area contributed by atoms with Crippen molar-refractivity contribution in [3.05, 3.63) is 36.5 Å². The van der Waals surface area contributed by atoms with Gasteiger partial charge in [0.15, 0.2) is 5.78 Å². The van der Waals surface area contributed by atoms with Crippen LogP contribution >= 0.6 is 0 Å². The summed E-state index contributed by atoms with van der Waals surface area (Å²) in [5.74, 6) is -1.20. The van der Waals surface area contributed by atoms with Crippen LogP contribution in [0.3, 0.4) is 0 Å². The summed E-state index contributed by atoms with van der Waals surface area (Å²) in [6.45, 7) is 3.44. The SMILES string of the molecule is C/C=C/C=C/C(=O)/C=C/[C@@H]1OC(=O)[C@H](C)[C@H]1O. The van der Waals surface area contributed by atoms with E-state index in [0.717, 1.165) is 0 Å². The Morgan fingerprint density at radius 3 is 2.59 bits per heavy atom. The second-order valence-electron chi connectivity index (χ2n) is 3.83. The molecule has 0 aromatic rings. The third-order valence-electron chi connectivity index (χ3n) is 2.49. The molecule has 0 amide bonds. The number of allylic oxidation sites excluding steroid dienone is 5. The van der Waals surface area contributed by atoms with Gasteiger partial charge in [-0.25, -0.2) is 0 Å². The summed E-state index contributed by atoms with van der Waals surface area (Å²) in [7, 11) is 0. The van der Waals surface area contributed by atoms with Crippen LogP contribution in [0.25, 0.3) is 0 Å². The third-order valence-corrected chi connectivity index (χ3v) is 2.49. The molecule has 92 valence electrons. The molecule has 3 atom stereocenters. The minimum Gasteiger partial charge on any atom is -0.455 e. The Balaban J connectivity index is 2.55. The maximum atomic E-state index is 11.3. The van der Waals surface area contributed by atoms with E-state index in [-0.39, 0.29) is 5.78 Å². The molecule has 17 heavy (non-hydrogen) atoms. The van der Waals surface area contributed by atoms with Gasteiger partial charge in [0.1, 0.15) is 12.2 Å². The first-order chi connectivity index (χ1) is 8.06. The molecule has 0 bridgehead atoms. The van der Waals surface area contributed by atoms with Crippen molar-refractivity contribution in [1.29, 1.82) is 0 Å². The molecule has 0 unspecified atom stereocenters. The summed E-state index contributed by atoms with van der Waals surface area (Å²) >= 11 is 0. The van der Waals surface area contributed by atoms with Crippen molar-refractivity contribution in [3.8, 4) is 0 Å². The Bertz CT molecular complexity index is 379. The first-order valence-electron chi connectivity index (χ1n) is 5.46. The van der Waals surface area contributed by atoms with E-state index in [2.05, 4.69) is 0 Å². The topological polar surface area (TPSA) is 63.6 Å². The Morgan fingerprint density at radius 2 is 2.06 bits per heavy atom. The van der Waals surface area contributed by atoms with Gasteiger partial charge in [-0.3, -0.25) is 9.59 Å². The number of aliphatic hydroxyl groups is 1. The van der Waals surface area contributed by atoms with E-state index in [0.29, 0.717) is 0 Å². The first kappa shape index (κ1) is 13.4. The summed E-state index contributed by atoms with van der Waals surface area (Å²) in [6, 6.07) is 0. The second-order valence-corrected chi connectivity index (χ2v) is 3.83. The lowest BCUT2D eigenvalue weighted by molar-refractivity contribution is -0.142. The standard InChI is InChI=1S/C13H16O4/c1-3-4-5-6-10(14)7-8-11-12(15)9(2)13(16)17-11/h3-9,11-12,15H,1-2H3/b4-3+,6-5+,8-7+/t9-,11+,12-/m1/s1. The Morgan fingerprint density at radius 1 is 1.35 bits per heavy atom. The largest absolute Gasteiger partial charge is 0.455 e. The van der Waals surface area contributed by atoms with Crippen molar-refractivity contribution < 1.29 is 19.4 Å². The molecule has 0 aromatic heterocycles. The normalized spacial score (nSPS) is 29.6. The van der Waals surface area contributed by atoms with Crippen molar-refractivity contribution >= 4 is 11.8 Å². The minimum absolute atomic E-state index is 0.217. The molecule has 0 radical (unpaired) electrons. The lowest BCUT2D eigenvalue weighted by Gasteiger charge is -2.08. The van der Waals surface area contributed by atoms with Crippen molar-refractivity contribution in [2.45, 2.75) is 26.1 Å². The predicted molar refractivity (Wildman–Crippen MR) is 63.2 cm³/mol. The van der Waals surface area contributed by atoms with Crippen LogP contribution in [0.15, 0.2) is 36.5 Å². The predicted octanol–water partition coefficient (Wildman–Crippen LogP) is 1.17. The lowest BCUT2D eigenvalue weighted by atomic mass is 10.0. The van der Waals surface area contributed by atoms with E-state index < -0.39 is 24.1 Å². The second kappa shape index (κ2) is 6.15. The van der Waals surface area contributed by atoms with Crippen molar-refractivity contribution in [1.82, 2.24) is 0 Å². The number of carbonyl (C=O) groups is 2. The molecule has 1 aliphatic rings. The maximum absolute atomic E-state index is 11.3. The van der Waals surface area contributed by atoms with E-state index in [1.807, 2.05) is 6.92 Å². The molecule has 1 aliphatic heterocycles. The number of aliphatic hydroxyl groups excluding tert-OH is 1. The fourth-order valence-electron chi connectivity index (χ4n) is 1.39. The number of ether oxygens (including phenoxy) is 1. The zero-order valence-electron chi connectivity index (χ0n) is 9.87. The molecule has 1 N–H and O–H groups in total. The molecule has 4 heteroatoms. The number of hydrogen-bond donors (Lipinski definition) is 1. The van der Waals surface area contributed by atoms with Crippen molar-refractivity contribution in [2.24, 2.45) is 5.92 Å². The van der Waals surface area contributed by atoms with Crippen molar-refractivity contribution in [3.63, 3.8) is 0 Å². The number of ketones is 1. The quantitative estimate of drug-likeness (QED) is 0.452. The molecule has 4 nitrogen and oxygen atoms in total. The monoisotopic (exact) mass is 236 g/mol. The molecule has 1 heterocycles. The number of cyclic esters (lactones) is 1. The molecule has 0 spiro atoms. The van der Waals surface area contributed by atoms with Crippen LogP contribution in [0.1, 0.15) is 13.8 Å². The summed E-state index contributed by atoms with van der Waals surface area (Å²) in [6.07, 6.45) is 7.64. The van der Waals surface area contributed by atoms with Crippen molar-refractivity contribution in [2.75, 3.05) is 0 Å². The average molecular weight is 236 g/mol. The van der Waals surface area contributed by atoms with Gasteiger partial charge in [-0.2, -0.15) is 0 Å². The number of hydrogen-bond acceptors (Lipinski definition) is 4. The van der Waals surface area contributed by atoms with Crippen LogP contribution < -0.4 is 0 Å². The van der Waals surface area contributed by atoms with Gasteiger partial charge in [-0.15, -0.1) is 0 Å². The van der Waals surface area contributed by atoms with Gasteiger partial charge >= 0.3 is 5.97 Å². The van der Waals surface area contributed by atoms with Crippen LogP contribution in [0.2, 0.25) is 0 Å². The Labute approximate surface area is 100 Å². The molecule has 1 rings (SSSR count).